The number of nitrogens with zero attached hydrogens (tertiary/aromatic N) is 1. The minimum absolute atomic E-state index is 0.00345. The number of aliphatic hydroxyl groups excluding tert-OH is 1. The lowest BCUT2D eigenvalue weighted by Crippen LogP contribution is -2.63. The second-order valence-electron chi connectivity index (χ2n) is 13.6. The van der Waals surface area contributed by atoms with Gasteiger partial charge in [0, 0.05) is 43.2 Å². The van der Waals surface area contributed by atoms with Gasteiger partial charge in [-0.2, -0.15) is 0 Å². The molecule has 2 amide bonds. The summed E-state index contributed by atoms with van der Waals surface area (Å²) in [4.78, 5) is 26.4. The predicted octanol–water partition coefficient (Wildman–Crippen LogP) is 3.23. The van der Waals surface area contributed by atoms with E-state index < -0.39 is 5.60 Å². The summed E-state index contributed by atoms with van der Waals surface area (Å²) in [6, 6.07) is 3.57. The molecule has 0 bridgehead atoms. The van der Waals surface area contributed by atoms with Crippen LogP contribution in [0.5, 0.6) is 0 Å². The number of urea groups is 1. The maximum absolute atomic E-state index is 13.0. The van der Waals surface area contributed by atoms with Crippen LogP contribution in [-0.2, 0) is 0 Å². The lowest BCUT2D eigenvalue weighted by Gasteiger charge is -2.63. The Morgan fingerprint density at radius 2 is 1.97 bits per heavy atom. The van der Waals surface area contributed by atoms with Gasteiger partial charge in [0.15, 0.2) is 0 Å². The molecule has 210 valence electrons. The third-order valence-corrected chi connectivity index (χ3v) is 12.1. The number of carbonyl (C=O) groups is 1. The van der Waals surface area contributed by atoms with Gasteiger partial charge in [-0.25, -0.2) is 9.59 Å². The van der Waals surface area contributed by atoms with Crippen LogP contribution in [0.25, 0.3) is 0 Å². The zero-order valence-corrected chi connectivity index (χ0v) is 23.0. The molecular formula is C30H45N3O5. The first-order valence-electron chi connectivity index (χ1n) is 14.9. The first-order chi connectivity index (χ1) is 18.2. The average molecular weight is 528 g/mol. The van der Waals surface area contributed by atoms with Crippen molar-refractivity contribution in [1.82, 2.24) is 15.5 Å². The number of aliphatic hydroxyl groups is 2. The third kappa shape index (κ3) is 4.05. The van der Waals surface area contributed by atoms with Crippen LogP contribution in [0, 0.1) is 28.6 Å². The van der Waals surface area contributed by atoms with Crippen molar-refractivity contribution in [3.63, 3.8) is 0 Å². The number of carbonyl (C=O) groups excluding carboxylic acids is 1. The van der Waals surface area contributed by atoms with E-state index >= 15 is 0 Å². The van der Waals surface area contributed by atoms with Crippen LogP contribution in [-0.4, -0.2) is 65.1 Å². The molecule has 1 aliphatic heterocycles. The smallest absolute Gasteiger partial charge is 0.335 e. The van der Waals surface area contributed by atoms with Gasteiger partial charge in [0.05, 0.1) is 18.5 Å². The number of piperazine rings is 1. The Kier molecular flexibility index (Phi) is 6.67. The largest absolute Gasteiger partial charge is 0.431 e. The zero-order valence-electron chi connectivity index (χ0n) is 23.0. The number of hydrogen-bond donors (Lipinski definition) is 4. The van der Waals surface area contributed by atoms with Crippen molar-refractivity contribution in [2.75, 3.05) is 26.2 Å². The van der Waals surface area contributed by atoms with Crippen LogP contribution < -0.4 is 16.3 Å². The van der Waals surface area contributed by atoms with E-state index in [0.29, 0.717) is 37.4 Å². The number of hydrogen-bond acceptors (Lipinski definition) is 6. The molecule has 8 heteroatoms. The Labute approximate surface area is 225 Å². The molecule has 5 fully saturated rings. The fourth-order valence-electron chi connectivity index (χ4n) is 9.86. The second-order valence-corrected chi connectivity index (χ2v) is 13.6. The van der Waals surface area contributed by atoms with Gasteiger partial charge in [0.2, 0.25) is 0 Å². The van der Waals surface area contributed by atoms with Crippen molar-refractivity contribution >= 4 is 6.03 Å². The molecule has 5 aliphatic rings. The maximum Gasteiger partial charge on any atom is 0.335 e. The second kappa shape index (κ2) is 9.63. The van der Waals surface area contributed by atoms with Crippen molar-refractivity contribution in [1.29, 1.82) is 0 Å². The highest BCUT2D eigenvalue weighted by atomic mass is 16.4. The van der Waals surface area contributed by atoms with E-state index in [1.807, 2.05) is 11.0 Å². The Morgan fingerprint density at radius 1 is 1.13 bits per heavy atom. The van der Waals surface area contributed by atoms with Crippen molar-refractivity contribution in [2.45, 2.75) is 95.2 Å². The van der Waals surface area contributed by atoms with E-state index in [1.54, 1.807) is 6.26 Å². The standard InChI is InChI=1S/C30H45N3O5/c1-28-10-7-21(32-27(36)33-14-13-31-22(16-33)17-34)15-20(28)4-5-25-24(28)8-11-29(2)23(9-12-30(25,29)37)19-3-6-26(35)38-18-19/h3,6,18,20-25,31,34,37H,4-5,7-17H2,1-2H3,(H,32,36)/t20-,21+,22-,23-,24+,25-,28+,29-,30+/m1/s1. The van der Waals surface area contributed by atoms with E-state index in [9.17, 15) is 19.8 Å². The summed E-state index contributed by atoms with van der Waals surface area (Å²) >= 11 is 0. The van der Waals surface area contributed by atoms with Gasteiger partial charge in [0.1, 0.15) is 0 Å². The van der Waals surface area contributed by atoms with Gasteiger partial charge in [-0.3, -0.25) is 0 Å². The average Bonchev–Trinajstić information content (AvgIpc) is 3.20. The molecule has 0 spiro atoms. The van der Waals surface area contributed by atoms with Crippen molar-refractivity contribution < 1.29 is 19.4 Å². The van der Waals surface area contributed by atoms with Gasteiger partial charge in [-0.1, -0.05) is 13.8 Å². The van der Waals surface area contributed by atoms with Crippen LogP contribution in [0.2, 0.25) is 0 Å². The highest BCUT2D eigenvalue weighted by Gasteiger charge is 2.67. The molecule has 2 heterocycles. The minimum atomic E-state index is -0.693. The van der Waals surface area contributed by atoms with Crippen LogP contribution in [0.15, 0.2) is 27.6 Å². The van der Waals surface area contributed by atoms with E-state index in [2.05, 4.69) is 24.5 Å². The summed E-state index contributed by atoms with van der Waals surface area (Å²) in [6.45, 7) is 6.74. The molecular weight excluding hydrogens is 482 g/mol. The summed E-state index contributed by atoms with van der Waals surface area (Å²) in [6.07, 6.45) is 10.7. The third-order valence-electron chi connectivity index (χ3n) is 12.1. The monoisotopic (exact) mass is 527 g/mol. The fourth-order valence-corrected chi connectivity index (χ4v) is 9.86. The molecule has 38 heavy (non-hydrogen) atoms. The van der Waals surface area contributed by atoms with E-state index in [-0.39, 0.29) is 47.1 Å². The van der Waals surface area contributed by atoms with Gasteiger partial charge < -0.3 is 30.2 Å². The van der Waals surface area contributed by atoms with Crippen molar-refractivity contribution in [2.24, 2.45) is 28.6 Å². The van der Waals surface area contributed by atoms with Crippen molar-refractivity contribution in [3.8, 4) is 0 Å². The van der Waals surface area contributed by atoms with Crippen LogP contribution in [0.3, 0.4) is 0 Å². The van der Waals surface area contributed by atoms with Crippen LogP contribution in [0.1, 0.15) is 83.1 Å². The molecule has 4 aliphatic carbocycles. The number of amides is 2. The van der Waals surface area contributed by atoms with E-state index in [1.165, 1.54) is 6.07 Å². The van der Waals surface area contributed by atoms with Gasteiger partial charge in [-0.15, -0.1) is 0 Å². The Hall–Kier alpha value is -1.90. The molecule has 8 nitrogen and oxygen atoms in total. The summed E-state index contributed by atoms with van der Waals surface area (Å²) in [7, 11) is 0. The molecule has 0 unspecified atom stereocenters. The molecule has 0 aromatic carbocycles. The topological polar surface area (TPSA) is 115 Å². The molecule has 9 atom stereocenters. The highest BCUT2D eigenvalue weighted by molar-refractivity contribution is 5.74. The summed E-state index contributed by atoms with van der Waals surface area (Å²) in [5, 5.41) is 28.5. The molecule has 4 N–H and O–H groups in total. The van der Waals surface area contributed by atoms with E-state index in [4.69, 9.17) is 4.42 Å². The van der Waals surface area contributed by atoms with Crippen LogP contribution in [0.4, 0.5) is 4.79 Å². The maximum atomic E-state index is 13.0. The molecule has 1 aromatic rings. The molecule has 6 rings (SSSR count). The summed E-state index contributed by atoms with van der Waals surface area (Å²) in [5.41, 5.74) is 0.0126. The van der Waals surface area contributed by atoms with Crippen LogP contribution >= 0.6 is 0 Å². The number of rotatable bonds is 3. The Balaban J connectivity index is 1.14. The van der Waals surface area contributed by atoms with Gasteiger partial charge >= 0.3 is 11.7 Å². The summed E-state index contributed by atoms with van der Waals surface area (Å²) in [5.74, 6) is 1.57. The van der Waals surface area contributed by atoms with E-state index in [0.717, 1.165) is 63.4 Å². The fraction of sp³-hybridized carbons (Fsp3) is 0.800. The number of fused-ring (bicyclic) bond motifs is 5. The van der Waals surface area contributed by atoms with Gasteiger partial charge in [-0.05, 0) is 98.5 Å². The predicted molar refractivity (Wildman–Crippen MR) is 144 cm³/mol. The quantitative estimate of drug-likeness (QED) is 0.480. The molecule has 1 saturated heterocycles. The molecule has 4 saturated carbocycles. The van der Waals surface area contributed by atoms with Gasteiger partial charge in [0.25, 0.3) is 0 Å². The first kappa shape index (κ1) is 26.3. The first-order valence-corrected chi connectivity index (χ1v) is 14.9. The van der Waals surface area contributed by atoms with Crippen molar-refractivity contribution in [3.05, 3.63) is 34.4 Å². The minimum Gasteiger partial charge on any atom is -0.431 e. The zero-order chi connectivity index (χ0) is 26.7. The Morgan fingerprint density at radius 3 is 2.74 bits per heavy atom. The highest BCUT2D eigenvalue weighted by Crippen LogP contribution is 2.70. The summed E-state index contributed by atoms with van der Waals surface area (Å²) < 4.78 is 5.22. The SMILES string of the molecule is C[C@]12CC[C@H](NC(=O)N3CCN[C@@H](CO)C3)C[C@H]1CC[C@@H]1[C@@H]2CC[C@]2(C)[C@@H](c3ccc(=O)oc3)CC[C@]12O. The number of nitrogens with one attached hydrogen (secondary N) is 2. The lowest BCUT2D eigenvalue weighted by atomic mass is 9.43. The lowest BCUT2D eigenvalue weighted by molar-refractivity contribution is -0.201. The molecule has 0 radical (unpaired) electrons. The molecule has 1 aromatic heterocycles. The Bertz CT molecular complexity index is 1090. The normalized spacial score (nSPS) is 44.6.